The standard InChI is InChI=1S/C11H12F4N2O/c1-5-2-3-17(6(5)4-18)9-7(12)10(14)16-11(15)8(9)13/h5-6,18H,2-4H2,1H3. The molecule has 7 heteroatoms. The van der Waals surface area contributed by atoms with Crippen LogP contribution in [0.5, 0.6) is 0 Å². The van der Waals surface area contributed by atoms with Gasteiger partial charge >= 0.3 is 0 Å². The lowest BCUT2D eigenvalue weighted by molar-refractivity contribution is 0.243. The number of hydrogen-bond donors (Lipinski definition) is 1. The third-order valence-corrected chi connectivity index (χ3v) is 3.33. The van der Waals surface area contributed by atoms with Crippen molar-refractivity contribution in [2.24, 2.45) is 5.92 Å². The van der Waals surface area contributed by atoms with Gasteiger partial charge in [-0.2, -0.15) is 22.5 Å². The second-order valence-corrected chi connectivity index (χ2v) is 4.38. The number of anilines is 1. The number of aliphatic hydroxyl groups is 1. The van der Waals surface area contributed by atoms with Crippen LogP contribution in [0.1, 0.15) is 13.3 Å². The van der Waals surface area contributed by atoms with Gasteiger partial charge in [-0.25, -0.2) is 0 Å². The van der Waals surface area contributed by atoms with E-state index in [1.807, 2.05) is 0 Å². The highest BCUT2D eigenvalue weighted by molar-refractivity contribution is 5.50. The van der Waals surface area contributed by atoms with Gasteiger partial charge in [0.05, 0.1) is 12.6 Å². The fourth-order valence-corrected chi connectivity index (χ4v) is 2.29. The van der Waals surface area contributed by atoms with Crippen LogP contribution >= 0.6 is 0 Å². The van der Waals surface area contributed by atoms with Crippen LogP contribution in [0.2, 0.25) is 0 Å². The monoisotopic (exact) mass is 264 g/mol. The Morgan fingerprint density at radius 2 is 1.78 bits per heavy atom. The molecule has 1 N–H and O–H groups in total. The van der Waals surface area contributed by atoms with Crippen LogP contribution in [0.4, 0.5) is 23.2 Å². The fourth-order valence-electron chi connectivity index (χ4n) is 2.29. The van der Waals surface area contributed by atoms with Crippen molar-refractivity contribution in [2.75, 3.05) is 18.1 Å². The number of rotatable bonds is 2. The van der Waals surface area contributed by atoms with Gasteiger partial charge in [0.15, 0.2) is 0 Å². The highest BCUT2D eigenvalue weighted by atomic mass is 19.2. The third-order valence-electron chi connectivity index (χ3n) is 3.33. The lowest BCUT2D eigenvalue weighted by Gasteiger charge is -2.27. The smallest absolute Gasteiger partial charge is 0.253 e. The van der Waals surface area contributed by atoms with Gasteiger partial charge in [-0.3, -0.25) is 0 Å². The lowest BCUT2D eigenvalue weighted by atomic mass is 10.0. The van der Waals surface area contributed by atoms with Crippen LogP contribution in [-0.4, -0.2) is 29.3 Å². The molecule has 3 nitrogen and oxygen atoms in total. The molecule has 2 rings (SSSR count). The molecule has 0 bridgehead atoms. The summed E-state index contributed by atoms with van der Waals surface area (Å²) >= 11 is 0. The van der Waals surface area contributed by atoms with E-state index in [9.17, 15) is 22.7 Å². The molecule has 1 aliphatic heterocycles. The molecule has 1 aromatic rings. The summed E-state index contributed by atoms with van der Waals surface area (Å²) in [5, 5.41) is 9.20. The second-order valence-electron chi connectivity index (χ2n) is 4.38. The molecule has 0 spiro atoms. The minimum atomic E-state index is -1.68. The van der Waals surface area contributed by atoms with Crippen molar-refractivity contribution in [2.45, 2.75) is 19.4 Å². The van der Waals surface area contributed by atoms with Crippen molar-refractivity contribution in [3.8, 4) is 0 Å². The summed E-state index contributed by atoms with van der Waals surface area (Å²) in [5.41, 5.74) is -0.789. The Kier molecular flexibility index (Phi) is 3.43. The fraction of sp³-hybridized carbons (Fsp3) is 0.545. The molecule has 0 amide bonds. The van der Waals surface area contributed by atoms with Crippen LogP contribution < -0.4 is 4.90 Å². The van der Waals surface area contributed by atoms with Crippen molar-refractivity contribution < 1.29 is 22.7 Å². The topological polar surface area (TPSA) is 36.4 Å². The van der Waals surface area contributed by atoms with Gasteiger partial charge in [0.2, 0.25) is 11.6 Å². The van der Waals surface area contributed by atoms with E-state index < -0.39 is 35.3 Å². The average molecular weight is 264 g/mol. The maximum absolute atomic E-state index is 13.6. The van der Waals surface area contributed by atoms with Crippen LogP contribution in [0.3, 0.4) is 0 Å². The molecule has 18 heavy (non-hydrogen) atoms. The molecular formula is C11H12F4N2O. The zero-order valence-corrected chi connectivity index (χ0v) is 9.63. The Bertz CT molecular complexity index is 443. The highest BCUT2D eigenvalue weighted by Crippen LogP contribution is 2.34. The van der Waals surface area contributed by atoms with E-state index in [0.717, 1.165) is 4.90 Å². The number of aromatic nitrogens is 1. The molecule has 0 aromatic carbocycles. The van der Waals surface area contributed by atoms with Crippen LogP contribution in [0.25, 0.3) is 0 Å². The summed E-state index contributed by atoms with van der Waals surface area (Å²) < 4.78 is 53.2. The Balaban J connectivity index is 2.51. The predicted octanol–water partition coefficient (Wildman–Crippen LogP) is 1.85. The Hall–Kier alpha value is -1.37. The molecule has 2 heterocycles. The third kappa shape index (κ3) is 1.92. The molecule has 0 radical (unpaired) electrons. The van der Waals surface area contributed by atoms with Crippen molar-refractivity contribution in [3.63, 3.8) is 0 Å². The van der Waals surface area contributed by atoms with Gasteiger partial charge in [0.25, 0.3) is 11.9 Å². The van der Waals surface area contributed by atoms with Crippen LogP contribution in [0.15, 0.2) is 0 Å². The first-order valence-electron chi connectivity index (χ1n) is 5.54. The summed E-state index contributed by atoms with van der Waals surface area (Å²) in [7, 11) is 0. The summed E-state index contributed by atoms with van der Waals surface area (Å²) in [6.45, 7) is 1.68. The highest BCUT2D eigenvalue weighted by Gasteiger charge is 2.36. The molecule has 100 valence electrons. The molecule has 1 aliphatic rings. The minimum absolute atomic E-state index is 0.0203. The maximum Gasteiger partial charge on any atom is 0.253 e. The van der Waals surface area contributed by atoms with E-state index in [1.165, 1.54) is 0 Å². The number of hydrogen-bond acceptors (Lipinski definition) is 3. The van der Waals surface area contributed by atoms with E-state index in [4.69, 9.17) is 0 Å². The Morgan fingerprint density at radius 1 is 1.22 bits per heavy atom. The van der Waals surface area contributed by atoms with Gasteiger partial charge in [0.1, 0.15) is 5.69 Å². The van der Waals surface area contributed by atoms with Gasteiger partial charge in [-0.15, -0.1) is 0 Å². The lowest BCUT2D eigenvalue weighted by Crippen LogP contribution is -2.37. The van der Waals surface area contributed by atoms with Crippen LogP contribution in [-0.2, 0) is 0 Å². The Morgan fingerprint density at radius 3 is 2.28 bits per heavy atom. The van der Waals surface area contributed by atoms with Crippen molar-refractivity contribution in [1.29, 1.82) is 0 Å². The van der Waals surface area contributed by atoms with E-state index in [1.54, 1.807) is 6.92 Å². The van der Waals surface area contributed by atoms with Gasteiger partial charge < -0.3 is 10.0 Å². The Labute approximate surface area is 101 Å². The molecule has 0 saturated carbocycles. The zero-order chi connectivity index (χ0) is 13.4. The number of halogens is 4. The second kappa shape index (κ2) is 4.72. The molecule has 0 aliphatic carbocycles. The SMILES string of the molecule is CC1CCN(c2c(F)c(F)nc(F)c2F)C1CO. The largest absolute Gasteiger partial charge is 0.394 e. The average Bonchev–Trinajstić information content (AvgIpc) is 2.68. The summed E-state index contributed by atoms with van der Waals surface area (Å²) in [6, 6.07) is -0.560. The normalized spacial score (nSPS) is 23.8. The molecule has 2 unspecified atom stereocenters. The van der Waals surface area contributed by atoms with Crippen molar-refractivity contribution in [3.05, 3.63) is 23.5 Å². The molecule has 1 fully saturated rings. The molecule has 1 aromatic heterocycles. The van der Waals surface area contributed by atoms with Gasteiger partial charge in [0, 0.05) is 6.54 Å². The molecular weight excluding hydrogens is 252 g/mol. The maximum atomic E-state index is 13.6. The van der Waals surface area contributed by atoms with E-state index in [0.29, 0.717) is 6.42 Å². The number of aliphatic hydroxyl groups excluding tert-OH is 1. The van der Waals surface area contributed by atoms with Crippen molar-refractivity contribution in [1.82, 2.24) is 4.98 Å². The first kappa shape index (κ1) is 13.1. The minimum Gasteiger partial charge on any atom is -0.394 e. The van der Waals surface area contributed by atoms with Crippen molar-refractivity contribution >= 4 is 5.69 Å². The summed E-state index contributed by atoms with van der Waals surface area (Å²) in [6.07, 6.45) is 0.579. The predicted molar refractivity (Wildman–Crippen MR) is 56.1 cm³/mol. The van der Waals surface area contributed by atoms with Gasteiger partial charge in [-0.05, 0) is 12.3 Å². The molecule has 2 atom stereocenters. The zero-order valence-electron chi connectivity index (χ0n) is 9.63. The number of nitrogens with zero attached hydrogens (tertiary/aromatic N) is 2. The first-order chi connectivity index (χ1) is 8.47. The van der Waals surface area contributed by atoms with E-state index in [-0.39, 0.29) is 19.1 Å². The first-order valence-corrected chi connectivity index (χ1v) is 5.54. The number of pyridine rings is 1. The molecule has 1 saturated heterocycles. The van der Waals surface area contributed by atoms with E-state index >= 15 is 0 Å². The van der Waals surface area contributed by atoms with E-state index in [2.05, 4.69) is 4.98 Å². The summed E-state index contributed by atoms with van der Waals surface area (Å²) in [5.74, 6) is -6.43. The summed E-state index contributed by atoms with van der Waals surface area (Å²) in [4.78, 5) is 3.66. The van der Waals surface area contributed by atoms with Crippen LogP contribution in [0, 0.1) is 29.4 Å². The van der Waals surface area contributed by atoms with Gasteiger partial charge in [-0.1, -0.05) is 6.92 Å². The quantitative estimate of drug-likeness (QED) is 0.654.